The van der Waals surface area contributed by atoms with E-state index in [1.807, 2.05) is 50.3 Å². The van der Waals surface area contributed by atoms with Gasteiger partial charge in [-0.15, -0.1) is 0 Å². The molecule has 0 fully saturated rings. The minimum Gasteiger partial charge on any atom is -0.481 e. The van der Waals surface area contributed by atoms with Gasteiger partial charge in [-0.25, -0.2) is 4.79 Å². The molecule has 0 saturated heterocycles. The molecular formula is C16H21NO4. The van der Waals surface area contributed by atoms with Crippen molar-refractivity contribution >= 4 is 12.1 Å². The Balaban J connectivity index is 2.39. The van der Waals surface area contributed by atoms with E-state index in [9.17, 15) is 9.59 Å². The van der Waals surface area contributed by atoms with E-state index in [4.69, 9.17) is 9.84 Å². The van der Waals surface area contributed by atoms with E-state index in [-0.39, 0.29) is 25.5 Å². The lowest BCUT2D eigenvalue weighted by molar-refractivity contribution is -0.137. The van der Waals surface area contributed by atoms with Crippen molar-refractivity contribution in [2.75, 3.05) is 6.54 Å². The van der Waals surface area contributed by atoms with Gasteiger partial charge < -0.3 is 15.2 Å². The van der Waals surface area contributed by atoms with Crippen LogP contribution in [0.1, 0.15) is 25.8 Å². The van der Waals surface area contributed by atoms with Gasteiger partial charge in [0.15, 0.2) is 0 Å². The first-order valence-electron chi connectivity index (χ1n) is 6.78. The van der Waals surface area contributed by atoms with Gasteiger partial charge >= 0.3 is 12.1 Å². The van der Waals surface area contributed by atoms with E-state index in [0.29, 0.717) is 0 Å². The highest BCUT2D eigenvalue weighted by molar-refractivity contribution is 5.69. The molecule has 0 unspecified atom stereocenters. The first kappa shape index (κ1) is 16.8. The second-order valence-electron chi connectivity index (χ2n) is 5.04. The Morgan fingerprint density at radius 2 is 1.95 bits per heavy atom. The molecule has 114 valence electrons. The summed E-state index contributed by atoms with van der Waals surface area (Å²) in [6, 6.07) is 9.36. The van der Waals surface area contributed by atoms with Gasteiger partial charge in [0.05, 0.1) is 6.42 Å². The zero-order chi connectivity index (χ0) is 15.7. The van der Waals surface area contributed by atoms with Gasteiger partial charge in [-0.3, -0.25) is 4.79 Å². The summed E-state index contributed by atoms with van der Waals surface area (Å²) in [5, 5.41) is 11.4. The summed E-state index contributed by atoms with van der Waals surface area (Å²) in [7, 11) is 0. The topological polar surface area (TPSA) is 75.6 Å². The second kappa shape index (κ2) is 8.79. The number of carboxylic acid groups (broad SMARTS) is 1. The molecular weight excluding hydrogens is 270 g/mol. The molecule has 0 aliphatic carbocycles. The maximum atomic E-state index is 11.6. The average Bonchev–Trinajstić information content (AvgIpc) is 2.42. The van der Waals surface area contributed by atoms with Crippen LogP contribution in [-0.4, -0.2) is 23.7 Å². The standard InChI is InChI=1S/C16H21NO4/c1-12(2)8-14(9-15(18)19)10-17-16(20)21-11-13-6-4-3-5-7-13/h3-8,14H,9-11H2,1-2H3,(H,17,20)(H,18,19)/t14-/m0/s1. The molecule has 0 heterocycles. The maximum absolute atomic E-state index is 11.6. The number of rotatable bonds is 7. The lowest BCUT2D eigenvalue weighted by atomic mass is 10.0. The number of hydrogen-bond acceptors (Lipinski definition) is 3. The van der Waals surface area contributed by atoms with Crippen molar-refractivity contribution in [2.45, 2.75) is 26.9 Å². The highest BCUT2D eigenvalue weighted by Crippen LogP contribution is 2.08. The number of carbonyl (C=O) groups excluding carboxylic acids is 1. The third kappa shape index (κ3) is 7.77. The molecule has 0 aliphatic heterocycles. The number of allylic oxidation sites excluding steroid dienone is 1. The largest absolute Gasteiger partial charge is 0.481 e. The molecule has 0 radical (unpaired) electrons. The smallest absolute Gasteiger partial charge is 0.407 e. The van der Waals surface area contributed by atoms with Crippen molar-refractivity contribution in [3.8, 4) is 0 Å². The third-order valence-corrected chi connectivity index (χ3v) is 2.73. The molecule has 5 heteroatoms. The molecule has 1 aromatic rings. The zero-order valence-electron chi connectivity index (χ0n) is 12.3. The van der Waals surface area contributed by atoms with Crippen LogP contribution in [0.15, 0.2) is 42.0 Å². The van der Waals surface area contributed by atoms with Crippen LogP contribution >= 0.6 is 0 Å². The quantitative estimate of drug-likeness (QED) is 0.757. The van der Waals surface area contributed by atoms with Crippen molar-refractivity contribution in [3.05, 3.63) is 47.5 Å². The van der Waals surface area contributed by atoms with Gasteiger partial charge in [-0.05, 0) is 19.4 Å². The fourth-order valence-electron chi connectivity index (χ4n) is 1.87. The molecule has 1 aromatic carbocycles. The highest BCUT2D eigenvalue weighted by Gasteiger charge is 2.12. The predicted molar refractivity (Wildman–Crippen MR) is 79.8 cm³/mol. The number of carbonyl (C=O) groups is 2. The van der Waals surface area contributed by atoms with Crippen LogP contribution in [0.4, 0.5) is 4.79 Å². The van der Waals surface area contributed by atoms with E-state index in [1.54, 1.807) is 0 Å². The molecule has 1 atom stereocenters. The van der Waals surface area contributed by atoms with Gasteiger partial charge in [-0.2, -0.15) is 0 Å². The first-order valence-corrected chi connectivity index (χ1v) is 6.78. The van der Waals surface area contributed by atoms with Crippen molar-refractivity contribution < 1.29 is 19.4 Å². The summed E-state index contributed by atoms with van der Waals surface area (Å²) < 4.78 is 5.07. The van der Waals surface area contributed by atoms with Crippen LogP contribution < -0.4 is 5.32 Å². The third-order valence-electron chi connectivity index (χ3n) is 2.73. The summed E-state index contributed by atoms with van der Waals surface area (Å²) in [5.74, 6) is -1.13. The average molecular weight is 291 g/mol. The van der Waals surface area contributed by atoms with Gasteiger partial charge in [0, 0.05) is 12.5 Å². The summed E-state index contributed by atoms with van der Waals surface area (Å²) >= 11 is 0. The van der Waals surface area contributed by atoms with Gasteiger partial charge in [0.25, 0.3) is 0 Å². The van der Waals surface area contributed by atoms with Gasteiger partial charge in [-0.1, -0.05) is 42.0 Å². The SMILES string of the molecule is CC(C)=C[C@H](CNC(=O)OCc1ccccc1)CC(=O)O. The van der Waals surface area contributed by atoms with E-state index in [0.717, 1.165) is 11.1 Å². The van der Waals surface area contributed by atoms with Crippen LogP contribution in [-0.2, 0) is 16.1 Å². The molecule has 0 bridgehead atoms. The molecule has 0 aromatic heterocycles. The van der Waals surface area contributed by atoms with Crippen molar-refractivity contribution in [2.24, 2.45) is 5.92 Å². The van der Waals surface area contributed by atoms with Crippen molar-refractivity contribution in [3.63, 3.8) is 0 Å². The lowest BCUT2D eigenvalue weighted by Gasteiger charge is -2.13. The number of amides is 1. The number of nitrogens with one attached hydrogen (secondary N) is 1. The number of ether oxygens (including phenoxy) is 1. The van der Waals surface area contributed by atoms with Crippen molar-refractivity contribution in [1.82, 2.24) is 5.32 Å². The number of aliphatic carboxylic acids is 1. The Labute approximate surface area is 124 Å². The molecule has 2 N–H and O–H groups in total. The Kier molecular flexibility index (Phi) is 7.01. The minimum atomic E-state index is -0.892. The molecule has 0 saturated carbocycles. The number of carboxylic acids is 1. The van der Waals surface area contributed by atoms with Crippen LogP contribution in [0.25, 0.3) is 0 Å². The van der Waals surface area contributed by atoms with E-state index in [2.05, 4.69) is 5.32 Å². The van der Waals surface area contributed by atoms with Gasteiger partial charge in [0.2, 0.25) is 0 Å². The Bertz CT molecular complexity index is 492. The predicted octanol–water partition coefficient (Wildman–Crippen LogP) is 2.97. The van der Waals surface area contributed by atoms with Crippen LogP contribution in [0.5, 0.6) is 0 Å². The molecule has 0 spiro atoms. The Morgan fingerprint density at radius 1 is 1.29 bits per heavy atom. The molecule has 21 heavy (non-hydrogen) atoms. The van der Waals surface area contributed by atoms with Crippen LogP contribution in [0.2, 0.25) is 0 Å². The van der Waals surface area contributed by atoms with Gasteiger partial charge in [0.1, 0.15) is 6.61 Å². The zero-order valence-corrected chi connectivity index (χ0v) is 12.3. The Hall–Kier alpha value is -2.30. The minimum absolute atomic E-state index is 0.0237. The maximum Gasteiger partial charge on any atom is 0.407 e. The lowest BCUT2D eigenvalue weighted by Crippen LogP contribution is -2.30. The van der Waals surface area contributed by atoms with Crippen LogP contribution in [0, 0.1) is 5.92 Å². The number of alkyl carbamates (subject to hydrolysis) is 1. The second-order valence-corrected chi connectivity index (χ2v) is 5.04. The highest BCUT2D eigenvalue weighted by atomic mass is 16.5. The summed E-state index contributed by atoms with van der Waals surface area (Å²) in [4.78, 5) is 22.4. The summed E-state index contributed by atoms with van der Waals surface area (Å²) in [6.07, 6.45) is 1.27. The normalized spacial score (nSPS) is 11.3. The molecule has 1 rings (SSSR count). The summed E-state index contributed by atoms with van der Waals surface area (Å²) in [5.41, 5.74) is 1.92. The molecule has 0 aliphatic rings. The monoisotopic (exact) mass is 291 g/mol. The molecule has 5 nitrogen and oxygen atoms in total. The van der Waals surface area contributed by atoms with Crippen molar-refractivity contribution in [1.29, 1.82) is 0 Å². The van der Waals surface area contributed by atoms with Crippen LogP contribution in [0.3, 0.4) is 0 Å². The first-order chi connectivity index (χ1) is 9.97. The van der Waals surface area contributed by atoms with E-state index < -0.39 is 12.1 Å². The number of benzene rings is 1. The fraction of sp³-hybridized carbons (Fsp3) is 0.375. The Morgan fingerprint density at radius 3 is 2.52 bits per heavy atom. The molecule has 1 amide bonds. The van der Waals surface area contributed by atoms with E-state index >= 15 is 0 Å². The van der Waals surface area contributed by atoms with E-state index in [1.165, 1.54) is 0 Å². The fourth-order valence-corrected chi connectivity index (χ4v) is 1.87. The summed E-state index contributed by atoms with van der Waals surface area (Å²) in [6.45, 7) is 4.22. The number of hydrogen-bond donors (Lipinski definition) is 2.